The summed E-state index contributed by atoms with van der Waals surface area (Å²) < 4.78 is 37.7. The topological polar surface area (TPSA) is 89.7 Å². The van der Waals surface area contributed by atoms with Crippen LogP contribution < -0.4 is 0 Å². The fraction of sp³-hybridized carbons (Fsp3) is 0.500. The van der Waals surface area contributed by atoms with Crippen molar-refractivity contribution in [2.45, 2.75) is 45.6 Å². The van der Waals surface area contributed by atoms with Gasteiger partial charge in [0.2, 0.25) is 10.0 Å². The molecule has 1 aromatic heterocycles. The van der Waals surface area contributed by atoms with E-state index in [1.165, 1.54) is 28.6 Å². The molecular formula is C20H26N2O5S. The predicted octanol–water partition coefficient (Wildman–Crippen LogP) is 3.32. The van der Waals surface area contributed by atoms with Crippen LogP contribution in [-0.2, 0) is 21.4 Å². The minimum Gasteiger partial charge on any atom is -0.457 e. The number of aryl methyl sites for hydroxylation is 2. The van der Waals surface area contributed by atoms with Gasteiger partial charge in [-0.15, -0.1) is 0 Å². The van der Waals surface area contributed by atoms with Crippen LogP contribution in [0.15, 0.2) is 33.7 Å². The van der Waals surface area contributed by atoms with E-state index < -0.39 is 16.0 Å². The molecule has 1 fully saturated rings. The van der Waals surface area contributed by atoms with Crippen molar-refractivity contribution < 1.29 is 22.5 Å². The second kappa shape index (κ2) is 8.05. The molecule has 3 rings (SSSR count). The number of benzene rings is 1. The molecule has 0 N–H and O–H groups in total. The highest BCUT2D eigenvalue weighted by Gasteiger charge is 2.31. The number of piperidine rings is 1. The van der Waals surface area contributed by atoms with Gasteiger partial charge < -0.3 is 9.26 Å². The van der Waals surface area contributed by atoms with E-state index in [-0.39, 0.29) is 11.5 Å². The monoisotopic (exact) mass is 406 g/mol. The van der Waals surface area contributed by atoms with Gasteiger partial charge in [0.25, 0.3) is 0 Å². The zero-order chi connectivity index (χ0) is 20.5. The summed E-state index contributed by atoms with van der Waals surface area (Å²) >= 11 is 0. The summed E-state index contributed by atoms with van der Waals surface area (Å²) in [6.07, 6.45) is 1.03. The lowest BCUT2D eigenvalue weighted by atomic mass is 9.94. The van der Waals surface area contributed by atoms with Gasteiger partial charge in [0.15, 0.2) is 0 Å². The van der Waals surface area contributed by atoms with Crippen LogP contribution in [0.4, 0.5) is 0 Å². The molecule has 152 valence electrons. The maximum atomic E-state index is 12.9. The lowest BCUT2D eigenvalue weighted by Crippen LogP contribution is -2.42. The Kier molecular flexibility index (Phi) is 5.90. The van der Waals surface area contributed by atoms with E-state index in [2.05, 4.69) is 19.0 Å². The smallest absolute Gasteiger partial charge is 0.338 e. The van der Waals surface area contributed by atoms with E-state index in [9.17, 15) is 13.2 Å². The molecule has 2 atom stereocenters. The van der Waals surface area contributed by atoms with Crippen molar-refractivity contribution in [3.05, 3.63) is 46.8 Å². The Morgan fingerprint density at radius 3 is 2.32 bits per heavy atom. The molecule has 2 aromatic rings. The van der Waals surface area contributed by atoms with Gasteiger partial charge in [-0.25, -0.2) is 13.2 Å². The highest BCUT2D eigenvalue weighted by molar-refractivity contribution is 7.89. The van der Waals surface area contributed by atoms with Crippen LogP contribution in [0, 0.1) is 25.7 Å². The quantitative estimate of drug-likeness (QED) is 0.708. The Hall–Kier alpha value is -2.19. The number of rotatable bonds is 5. The van der Waals surface area contributed by atoms with E-state index in [1.807, 2.05) is 0 Å². The normalized spacial score (nSPS) is 20.9. The summed E-state index contributed by atoms with van der Waals surface area (Å²) in [4.78, 5) is 12.5. The SMILES string of the molecule is Cc1noc(C)c1COC(=O)c1ccc(S(=O)(=O)N2C[C@H](C)C[C@@H](C)C2)cc1. The first-order chi connectivity index (χ1) is 13.2. The van der Waals surface area contributed by atoms with Crippen molar-refractivity contribution in [2.24, 2.45) is 11.8 Å². The molecule has 1 aromatic carbocycles. The molecule has 0 radical (unpaired) electrons. The van der Waals surface area contributed by atoms with Gasteiger partial charge in [-0.2, -0.15) is 4.31 Å². The number of sulfonamides is 1. The molecule has 0 amide bonds. The van der Waals surface area contributed by atoms with E-state index >= 15 is 0 Å². The average Bonchev–Trinajstić information content (AvgIpc) is 2.97. The van der Waals surface area contributed by atoms with Crippen LogP contribution in [0.5, 0.6) is 0 Å². The minimum absolute atomic E-state index is 0.0591. The third-order valence-electron chi connectivity index (χ3n) is 5.09. The van der Waals surface area contributed by atoms with Gasteiger partial charge in [0.05, 0.1) is 21.7 Å². The Bertz CT molecular complexity index is 920. The fourth-order valence-corrected chi connectivity index (χ4v) is 5.32. The highest BCUT2D eigenvalue weighted by Crippen LogP contribution is 2.27. The van der Waals surface area contributed by atoms with Crippen LogP contribution >= 0.6 is 0 Å². The molecule has 0 unspecified atom stereocenters. The number of aromatic nitrogens is 1. The summed E-state index contributed by atoms with van der Waals surface area (Å²) in [7, 11) is -3.57. The van der Waals surface area contributed by atoms with E-state index in [0.717, 1.165) is 12.0 Å². The van der Waals surface area contributed by atoms with Crippen molar-refractivity contribution >= 4 is 16.0 Å². The van der Waals surface area contributed by atoms with Crippen molar-refractivity contribution in [1.29, 1.82) is 0 Å². The molecule has 8 heteroatoms. The van der Waals surface area contributed by atoms with Crippen molar-refractivity contribution in [1.82, 2.24) is 9.46 Å². The van der Waals surface area contributed by atoms with Gasteiger partial charge >= 0.3 is 5.97 Å². The van der Waals surface area contributed by atoms with Crippen LogP contribution in [0.2, 0.25) is 0 Å². The Morgan fingerprint density at radius 1 is 1.18 bits per heavy atom. The Morgan fingerprint density at radius 2 is 1.79 bits per heavy atom. The number of nitrogens with zero attached hydrogens (tertiary/aromatic N) is 2. The fourth-order valence-electron chi connectivity index (χ4n) is 3.64. The molecule has 0 saturated carbocycles. The number of esters is 1. The summed E-state index contributed by atoms with van der Waals surface area (Å²) in [5.41, 5.74) is 1.71. The average molecular weight is 407 g/mol. The van der Waals surface area contributed by atoms with Crippen molar-refractivity contribution in [3.8, 4) is 0 Å². The summed E-state index contributed by atoms with van der Waals surface area (Å²) in [6, 6.07) is 5.90. The van der Waals surface area contributed by atoms with Gasteiger partial charge in [0.1, 0.15) is 12.4 Å². The lowest BCUT2D eigenvalue weighted by molar-refractivity contribution is 0.0470. The van der Waals surface area contributed by atoms with Crippen molar-refractivity contribution in [3.63, 3.8) is 0 Å². The molecule has 1 saturated heterocycles. The summed E-state index contributed by atoms with van der Waals surface area (Å²) in [6.45, 7) is 8.77. The summed E-state index contributed by atoms with van der Waals surface area (Å²) in [5.74, 6) is 0.745. The molecule has 0 spiro atoms. The number of carbonyl (C=O) groups is 1. The molecule has 2 heterocycles. The number of hydrogen-bond donors (Lipinski definition) is 0. The lowest BCUT2D eigenvalue weighted by Gasteiger charge is -2.34. The largest absolute Gasteiger partial charge is 0.457 e. The van der Waals surface area contributed by atoms with Crippen LogP contribution in [0.3, 0.4) is 0 Å². The molecule has 1 aliphatic rings. The zero-order valence-corrected chi connectivity index (χ0v) is 17.5. The second-order valence-electron chi connectivity index (χ2n) is 7.67. The highest BCUT2D eigenvalue weighted by atomic mass is 32.2. The third-order valence-corrected chi connectivity index (χ3v) is 6.94. The second-order valence-corrected chi connectivity index (χ2v) is 9.61. The van der Waals surface area contributed by atoms with Gasteiger partial charge in [-0.3, -0.25) is 0 Å². The molecule has 0 aliphatic carbocycles. The first-order valence-electron chi connectivity index (χ1n) is 9.37. The Balaban J connectivity index is 1.69. The third kappa shape index (κ3) is 4.28. The number of ether oxygens (including phenoxy) is 1. The van der Waals surface area contributed by atoms with E-state index in [1.54, 1.807) is 13.8 Å². The standard InChI is InChI=1S/C20H26N2O5S/c1-13-9-14(2)11-22(10-13)28(24,25)18-7-5-17(6-8-18)20(23)26-12-19-15(3)21-27-16(19)4/h5-8,13-14H,9-12H2,1-4H3/t13-,14-/m1/s1. The molecule has 0 bridgehead atoms. The first-order valence-corrected chi connectivity index (χ1v) is 10.8. The first kappa shape index (κ1) is 20.5. The predicted molar refractivity (Wildman–Crippen MR) is 103 cm³/mol. The van der Waals surface area contributed by atoms with Gasteiger partial charge in [-0.05, 0) is 56.4 Å². The molecular weight excluding hydrogens is 380 g/mol. The summed E-state index contributed by atoms with van der Waals surface area (Å²) in [5, 5.41) is 3.82. The Labute approximate surface area is 165 Å². The molecule has 28 heavy (non-hydrogen) atoms. The zero-order valence-electron chi connectivity index (χ0n) is 16.6. The van der Waals surface area contributed by atoms with Crippen LogP contribution in [-0.4, -0.2) is 36.9 Å². The minimum atomic E-state index is -3.57. The van der Waals surface area contributed by atoms with E-state index in [0.29, 0.717) is 41.9 Å². The molecule has 1 aliphatic heterocycles. The van der Waals surface area contributed by atoms with Gasteiger partial charge in [0, 0.05) is 13.1 Å². The number of carbonyl (C=O) groups excluding carboxylic acids is 1. The van der Waals surface area contributed by atoms with Gasteiger partial charge in [-0.1, -0.05) is 19.0 Å². The maximum Gasteiger partial charge on any atom is 0.338 e. The maximum absolute atomic E-state index is 12.9. The van der Waals surface area contributed by atoms with E-state index in [4.69, 9.17) is 9.26 Å². The number of hydrogen-bond acceptors (Lipinski definition) is 6. The molecule has 7 nitrogen and oxygen atoms in total. The van der Waals surface area contributed by atoms with Crippen LogP contribution in [0.25, 0.3) is 0 Å². The van der Waals surface area contributed by atoms with Crippen LogP contribution in [0.1, 0.15) is 47.6 Å². The van der Waals surface area contributed by atoms with Crippen molar-refractivity contribution in [2.75, 3.05) is 13.1 Å².